The minimum absolute atomic E-state index is 0.0927. The summed E-state index contributed by atoms with van der Waals surface area (Å²) in [4.78, 5) is 38.1. The lowest BCUT2D eigenvalue weighted by Crippen LogP contribution is -2.30. The Bertz CT molecular complexity index is 1460. The van der Waals surface area contributed by atoms with Crippen molar-refractivity contribution >= 4 is 17.9 Å². The van der Waals surface area contributed by atoms with Crippen LogP contribution in [0.25, 0.3) is 0 Å². The summed E-state index contributed by atoms with van der Waals surface area (Å²) in [6, 6.07) is 0. The minimum atomic E-state index is -0.795. The molecular formula is C65H108O6. The molecule has 0 aromatic rings. The van der Waals surface area contributed by atoms with Crippen LogP contribution in [-0.4, -0.2) is 37.2 Å². The molecule has 0 N–H and O–H groups in total. The van der Waals surface area contributed by atoms with E-state index in [0.717, 1.165) is 141 Å². The Morgan fingerprint density at radius 3 is 0.901 bits per heavy atom. The molecule has 404 valence electrons. The molecule has 0 amide bonds. The van der Waals surface area contributed by atoms with Gasteiger partial charge in [0.05, 0.1) is 0 Å². The van der Waals surface area contributed by atoms with Crippen molar-refractivity contribution in [2.75, 3.05) is 13.2 Å². The third-order valence-electron chi connectivity index (χ3n) is 12.2. The first kappa shape index (κ1) is 67.1. The molecule has 6 nitrogen and oxygen atoms in total. The molecule has 0 saturated carbocycles. The highest BCUT2D eigenvalue weighted by Gasteiger charge is 2.19. The molecule has 0 aromatic heterocycles. The SMILES string of the molecule is CC/C=C\C/C=C\C/C=C\C/C=C\C/C=C\C/C=C\C/C=C\CCCCCCCC(=O)OCC(COC(=O)CCCCCCC/C=C\CCCCC)OC(=O)CCCCCCC/C=C\CCCCCCC. The van der Waals surface area contributed by atoms with E-state index in [1.54, 1.807) is 0 Å². The molecule has 0 aliphatic heterocycles. The van der Waals surface area contributed by atoms with Gasteiger partial charge in [-0.15, -0.1) is 0 Å². The summed E-state index contributed by atoms with van der Waals surface area (Å²) in [6.45, 7) is 6.46. The summed E-state index contributed by atoms with van der Waals surface area (Å²) in [7, 11) is 0. The van der Waals surface area contributed by atoms with Crippen LogP contribution in [0.4, 0.5) is 0 Å². The van der Waals surface area contributed by atoms with Crippen molar-refractivity contribution in [3.05, 3.63) is 109 Å². The summed E-state index contributed by atoms with van der Waals surface area (Å²) in [5.74, 6) is -0.929. The summed E-state index contributed by atoms with van der Waals surface area (Å²) < 4.78 is 16.8. The molecule has 0 bridgehead atoms. The maximum absolute atomic E-state index is 12.8. The first-order chi connectivity index (χ1) is 35.0. The first-order valence-electron chi connectivity index (χ1n) is 29.4. The van der Waals surface area contributed by atoms with E-state index in [-0.39, 0.29) is 31.1 Å². The van der Waals surface area contributed by atoms with Gasteiger partial charge in [0, 0.05) is 19.3 Å². The van der Waals surface area contributed by atoms with Crippen molar-refractivity contribution in [1.29, 1.82) is 0 Å². The first-order valence-corrected chi connectivity index (χ1v) is 29.4. The molecule has 0 aromatic carbocycles. The monoisotopic (exact) mass is 985 g/mol. The van der Waals surface area contributed by atoms with Crippen molar-refractivity contribution in [3.8, 4) is 0 Å². The topological polar surface area (TPSA) is 78.9 Å². The van der Waals surface area contributed by atoms with E-state index in [1.807, 2.05) is 0 Å². The van der Waals surface area contributed by atoms with Crippen molar-refractivity contribution < 1.29 is 28.6 Å². The molecule has 0 rings (SSSR count). The molecule has 0 heterocycles. The lowest BCUT2D eigenvalue weighted by atomic mass is 10.1. The highest BCUT2D eigenvalue weighted by Crippen LogP contribution is 2.14. The molecule has 71 heavy (non-hydrogen) atoms. The third-order valence-corrected chi connectivity index (χ3v) is 12.2. The molecule has 6 heteroatoms. The number of esters is 3. The molecule has 0 radical (unpaired) electrons. The van der Waals surface area contributed by atoms with Crippen LogP contribution in [0.15, 0.2) is 109 Å². The minimum Gasteiger partial charge on any atom is -0.462 e. The molecular weight excluding hydrogens is 877 g/mol. The van der Waals surface area contributed by atoms with Gasteiger partial charge in [0.2, 0.25) is 0 Å². The van der Waals surface area contributed by atoms with Gasteiger partial charge in [-0.05, 0) is 128 Å². The number of rotatable bonds is 52. The van der Waals surface area contributed by atoms with Crippen LogP contribution in [0.1, 0.15) is 265 Å². The van der Waals surface area contributed by atoms with E-state index in [0.29, 0.717) is 19.3 Å². The van der Waals surface area contributed by atoms with Gasteiger partial charge in [0.15, 0.2) is 6.10 Å². The van der Waals surface area contributed by atoms with Crippen LogP contribution in [0.2, 0.25) is 0 Å². The fourth-order valence-corrected chi connectivity index (χ4v) is 7.82. The number of unbranched alkanes of at least 4 members (excludes halogenated alkanes) is 23. The maximum atomic E-state index is 12.8. The Kier molecular flexibility index (Phi) is 55.4. The highest BCUT2D eigenvalue weighted by molar-refractivity contribution is 5.71. The fraction of sp³-hybridized carbons (Fsp3) is 0.677. The number of hydrogen-bond acceptors (Lipinski definition) is 6. The van der Waals surface area contributed by atoms with Crippen molar-refractivity contribution in [1.82, 2.24) is 0 Å². The van der Waals surface area contributed by atoms with Crippen LogP contribution >= 0.6 is 0 Å². The quantitative estimate of drug-likeness (QED) is 0.0261. The molecule has 1 unspecified atom stereocenters. The fourth-order valence-electron chi connectivity index (χ4n) is 7.82. The molecule has 0 aliphatic carbocycles. The van der Waals surface area contributed by atoms with Gasteiger partial charge in [0.25, 0.3) is 0 Å². The van der Waals surface area contributed by atoms with Crippen molar-refractivity contribution in [2.45, 2.75) is 271 Å². The van der Waals surface area contributed by atoms with Gasteiger partial charge >= 0.3 is 17.9 Å². The predicted molar refractivity (Wildman–Crippen MR) is 307 cm³/mol. The maximum Gasteiger partial charge on any atom is 0.306 e. The molecule has 1 atom stereocenters. The van der Waals surface area contributed by atoms with Gasteiger partial charge in [-0.1, -0.05) is 226 Å². The Morgan fingerprint density at radius 1 is 0.296 bits per heavy atom. The number of carbonyl (C=O) groups is 3. The van der Waals surface area contributed by atoms with E-state index in [4.69, 9.17) is 14.2 Å². The zero-order chi connectivity index (χ0) is 51.4. The Balaban J connectivity index is 4.36. The standard InChI is InChI=1S/C65H108O6/c1-4-7-10-13-16-19-22-25-27-28-29-30-31-32-33-34-35-36-37-38-39-41-43-46-49-52-55-58-64(67)70-61-62(60-69-63(66)57-54-51-48-45-42-24-21-18-15-12-9-6-3)71-65(68)59-56-53-50-47-44-40-26-23-20-17-14-11-8-5-2/h7,10,16,18-19,21,23,25-27,29-30,32-33,35-36,38-39,62H,4-6,8-9,11-15,17,20,22,24,28,31,34,37,40-61H2,1-3H3/b10-7-,19-16-,21-18-,26-23-,27-25-,30-29-,33-32-,36-35-,39-38-. The van der Waals surface area contributed by atoms with E-state index in [9.17, 15) is 14.4 Å². The lowest BCUT2D eigenvalue weighted by Gasteiger charge is -2.18. The Labute approximate surface area is 438 Å². The lowest BCUT2D eigenvalue weighted by molar-refractivity contribution is -0.167. The van der Waals surface area contributed by atoms with E-state index < -0.39 is 6.10 Å². The van der Waals surface area contributed by atoms with Crippen LogP contribution in [0, 0.1) is 0 Å². The predicted octanol–water partition coefficient (Wildman–Crippen LogP) is 19.9. The summed E-state index contributed by atoms with van der Waals surface area (Å²) in [6.07, 6.45) is 79.4. The highest BCUT2D eigenvalue weighted by atomic mass is 16.6. The van der Waals surface area contributed by atoms with E-state index >= 15 is 0 Å². The second kappa shape index (κ2) is 58.6. The third kappa shape index (κ3) is 56.9. The summed E-state index contributed by atoms with van der Waals surface area (Å²) >= 11 is 0. The molecule has 0 spiro atoms. The van der Waals surface area contributed by atoms with Gasteiger partial charge in [-0.3, -0.25) is 14.4 Å². The van der Waals surface area contributed by atoms with Gasteiger partial charge < -0.3 is 14.2 Å². The van der Waals surface area contributed by atoms with E-state index in [2.05, 4.69) is 130 Å². The second-order valence-corrected chi connectivity index (χ2v) is 19.2. The zero-order valence-electron chi connectivity index (χ0n) is 46.2. The Hall–Kier alpha value is -3.93. The average Bonchev–Trinajstić information content (AvgIpc) is 3.37. The smallest absolute Gasteiger partial charge is 0.306 e. The van der Waals surface area contributed by atoms with Crippen LogP contribution in [0.3, 0.4) is 0 Å². The number of ether oxygens (including phenoxy) is 3. The molecule has 0 aliphatic rings. The second-order valence-electron chi connectivity index (χ2n) is 19.2. The number of hydrogen-bond donors (Lipinski definition) is 0. The summed E-state index contributed by atoms with van der Waals surface area (Å²) in [5.41, 5.74) is 0. The van der Waals surface area contributed by atoms with Crippen molar-refractivity contribution in [2.24, 2.45) is 0 Å². The molecule has 0 fully saturated rings. The van der Waals surface area contributed by atoms with E-state index in [1.165, 1.54) is 83.5 Å². The zero-order valence-corrected chi connectivity index (χ0v) is 46.2. The molecule has 0 saturated heterocycles. The van der Waals surface area contributed by atoms with Crippen LogP contribution < -0.4 is 0 Å². The van der Waals surface area contributed by atoms with Crippen LogP contribution in [-0.2, 0) is 28.6 Å². The van der Waals surface area contributed by atoms with Gasteiger partial charge in [-0.2, -0.15) is 0 Å². The van der Waals surface area contributed by atoms with Gasteiger partial charge in [-0.25, -0.2) is 0 Å². The normalized spacial score (nSPS) is 12.9. The van der Waals surface area contributed by atoms with Gasteiger partial charge in [0.1, 0.15) is 13.2 Å². The number of carbonyl (C=O) groups excluding carboxylic acids is 3. The van der Waals surface area contributed by atoms with Crippen molar-refractivity contribution in [3.63, 3.8) is 0 Å². The number of allylic oxidation sites excluding steroid dienone is 18. The van der Waals surface area contributed by atoms with Crippen LogP contribution in [0.5, 0.6) is 0 Å². The average molecular weight is 986 g/mol. The summed E-state index contributed by atoms with van der Waals surface area (Å²) in [5, 5.41) is 0. The Morgan fingerprint density at radius 2 is 0.549 bits per heavy atom. The largest absolute Gasteiger partial charge is 0.462 e.